The molecule has 1 unspecified atom stereocenters. The van der Waals surface area contributed by atoms with Crippen molar-refractivity contribution in [2.45, 2.75) is 25.6 Å². The van der Waals surface area contributed by atoms with Crippen LogP contribution in [0.1, 0.15) is 17.5 Å². The van der Waals surface area contributed by atoms with E-state index in [1.54, 1.807) is 0 Å². The van der Waals surface area contributed by atoms with Gasteiger partial charge in [0.15, 0.2) is 0 Å². The highest BCUT2D eigenvalue weighted by Crippen LogP contribution is 2.18. The van der Waals surface area contributed by atoms with E-state index in [0.29, 0.717) is 12.6 Å². The van der Waals surface area contributed by atoms with Crippen molar-refractivity contribution in [2.24, 2.45) is 0 Å². The fourth-order valence-corrected chi connectivity index (χ4v) is 4.46. The molecule has 2 aliphatic rings. The molecule has 2 heterocycles. The zero-order chi connectivity index (χ0) is 19.9. The fourth-order valence-electron chi connectivity index (χ4n) is 4.46. The van der Waals surface area contributed by atoms with E-state index in [9.17, 15) is 4.79 Å². The van der Waals surface area contributed by atoms with Gasteiger partial charge in [-0.05, 0) is 17.5 Å². The van der Waals surface area contributed by atoms with Gasteiger partial charge in [-0.1, -0.05) is 60.7 Å². The summed E-state index contributed by atoms with van der Waals surface area (Å²) in [6, 6.07) is 21.4. The first-order valence-electron chi connectivity index (χ1n) is 10.8. The number of halogens is 2. The first kappa shape index (κ1) is 25.6. The van der Waals surface area contributed by atoms with Crippen molar-refractivity contribution < 1.29 is 4.79 Å². The lowest BCUT2D eigenvalue weighted by atomic mass is 10.1. The van der Waals surface area contributed by atoms with Crippen molar-refractivity contribution >= 4 is 30.7 Å². The Labute approximate surface area is 198 Å². The molecular weight excluding hydrogens is 431 g/mol. The average Bonchev–Trinajstić information content (AvgIpc) is 3.26. The number of hydrogen-bond donors (Lipinski definition) is 1. The molecule has 0 saturated carbocycles. The molecule has 0 radical (unpaired) electrons. The lowest BCUT2D eigenvalue weighted by molar-refractivity contribution is -0.131. The van der Waals surface area contributed by atoms with E-state index in [0.717, 1.165) is 58.8 Å². The number of nitrogens with zero attached hydrogens (tertiary/aromatic N) is 3. The summed E-state index contributed by atoms with van der Waals surface area (Å²) in [5.41, 5.74) is 2.49. The van der Waals surface area contributed by atoms with Gasteiger partial charge in [0.05, 0.1) is 6.54 Å². The molecule has 0 aliphatic carbocycles. The summed E-state index contributed by atoms with van der Waals surface area (Å²) in [6.45, 7) is 8.13. The van der Waals surface area contributed by atoms with Gasteiger partial charge < -0.3 is 10.2 Å². The second kappa shape index (κ2) is 13.0. The highest BCUT2D eigenvalue weighted by atomic mass is 35.5. The molecule has 2 aromatic carbocycles. The minimum Gasteiger partial charge on any atom is -0.340 e. The number of benzene rings is 2. The third-order valence-electron chi connectivity index (χ3n) is 6.04. The molecule has 0 aromatic heterocycles. The SMILES string of the molecule is Cl.Cl.O=C(CN(Cc1ccccc1)Cc1ccccc1)N1CCC(N2CCNCC2)C1. The maximum Gasteiger partial charge on any atom is 0.236 e. The van der Waals surface area contributed by atoms with Crippen LogP contribution in [0.15, 0.2) is 60.7 Å². The zero-order valence-corrected chi connectivity index (χ0v) is 19.6. The van der Waals surface area contributed by atoms with E-state index >= 15 is 0 Å². The Kier molecular flexibility index (Phi) is 10.8. The lowest BCUT2D eigenvalue weighted by Crippen LogP contribution is -2.49. The molecule has 2 fully saturated rings. The maximum atomic E-state index is 13.1. The van der Waals surface area contributed by atoms with Gasteiger partial charge in [-0.25, -0.2) is 0 Å². The van der Waals surface area contributed by atoms with Crippen LogP contribution >= 0.6 is 24.8 Å². The van der Waals surface area contributed by atoms with Crippen molar-refractivity contribution in [3.63, 3.8) is 0 Å². The molecule has 1 amide bonds. The van der Waals surface area contributed by atoms with Crippen molar-refractivity contribution in [1.29, 1.82) is 0 Å². The zero-order valence-electron chi connectivity index (χ0n) is 18.0. The molecule has 5 nitrogen and oxygen atoms in total. The van der Waals surface area contributed by atoms with E-state index < -0.39 is 0 Å². The number of amides is 1. The van der Waals surface area contributed by atoms with Gasteiger partial charge in [0.2, 0.25) is 5.91 Å². The Morgan fingerprint density at radius 1 is 0.871 bits per heavy atom. The number of carbonyl (C=O) groups is 1. The Bertz CT molecular complexity index is 730. The Hall–Kier alpha value is -1.63. The Morgan fingerprint density at radius 3 is 1.97 bits per heavy atom. The first-order valence-corrected chi connectivity index (χ1v) is 10.8. The molecule has 2 aromatic rings. The Morgan fingerprint density at radius 2 is 1.42 bits per heavy atom. The fraction of sp³-hybridized carbons (Fsp3) is 0.458. The van der Waals surface area contributed by atoms with Crippen molar-refractivity contribution in [3.8, 4) is 0 Å². The molecule has 170 valence electrons. The van der Waals surface area contributed by atoms with E-state index in [1.807, 2.05) is 12.1 Å². The predicted molar refractivity (Wildman–Crippen MR) is 131 cm³/mol. The standard InChI is InChI=1S/C24H32N4O.2ClH/c29-24(28-14-11-23(19-28)27-15-12-25-13-16-27)20-26(17-21-7-3-1-4-8-21)18-22-9-5-2-6-10-22;;/h1-10,23,25H,11-20H2;2*1H. The van der Waals surface area contributed by atoms with Crippen LogP contribution in [0.25, 0.3) is 0 Å². The van der Waals surface area contributed by atoms with Gasteiger partial charge in [-0.2, -0.15) is 0 Å². The van der Waals surface area contributed by atoms with Crippen LogP contribution in [0.2, 0.25) is 0 Å². The van der Waals surface area contributed by atoms with Crippen LogP contribution in [0, 0.1) is 0 Å². The summed E-state index contributed by atoms with van der Waals surface area (Å²) in [5.74, 6) is 0.259. The second-order valence-corrected chi connectivity index (χ2v) is 8.18. The summed E-state index contributed by atoms with van der Waals surface area (Å²) in [6.07, 6.45) is 1.10. The molecule has 1 N–H and O–H groups in total. The number of carbonyl (C=O) groups excluding carboxylic acids is 1. The topological polar surface area (TPSA) is 38.8 Å². The molecule has 1 atom stereocenters. The van der Waals surface area contributed by atoms with Crippen LogP contribution in [-0.2, 0) is 17.9 Å². The third-order valence-corrected chi connectivity index (χ3v) is 6.04. The summed E-state index contributed by atoms with van der Waals surface area (Å²) in [4.78, 5) is 20.0. The van der Waals surface area contributed by atoms with Crippen LogP contribution < -0.4 is 5.32 Å². The molecule has 4 rings (SSSR count). The number of piperazine rings is 1. The van der Waals surface area contributed by atoms with Gasteiger partial charge in [0.25, 0.3) is 0 Å². The van der Waals surface area contributed by atoms with E-state index in [4.69, 9.17) is 0 Å². The smallest absolute Gasteiger partial charge is 0.236 e. The van der Waals surface area contributed by atoms with Crippen LogP contribution in [0.5, 0.6) is 0 Å². The Balaban J connectivity index is 0.00000171. The van der Waals surface area contributed by atoms with Crippen LogP contribution in [0.4, 0.5) is 0 Å². The summed E-state index contributed by atoms with van der Waals surface area (Å²) in [5, 5.41) is 3.42. The van der Waals surface area contributed by atoms with Gasteiger partial charge in [0.1, 0.15) is 0 Å². The molecule has 2 aliphatic heterocycles. The third kappa shape index (κ3) is 7.48. The number of hydrogen-bond acceptors (Lipinski definition) is 4. The van der Waals surface area contributed by atoms with Gasteiger partial charge in [0, 0.05) is 58.4 Å². The molecule has 7 heteroatoms. The highest BCUT2D eigenvalue weighted by Gasteiger charge is 2.31. The maximum absolute atomic E-state index is 13.1. The number of likely N-dealkylation sites (tertiary alicyclic amines) is 1. The van der Waals surface area contributed by atoms with Crippen LogP contribution in [0.3, 0.4) is 0 Å². The van der Waals surface area contributed by atoms with Crippen LogP contribution in [-0.4, -0.2) is 72.5 Å². The monoisotopic (exact) mass is 464 g/mol. The minimum absolute atomic E-state index is 0. The summed E-state index contributed by atoms with van der Waals surface area (Å²) >= 11 is 0. The van der Waals surface area contributed by atoms with E-state index in [1.165, 1.54) is 11.1 Å². The van der Waals surface area contributed by atoms with Crippen molar-refractivity contribution in [1.82, 2.24) is 20.0 Å². The van der Waals surface area contributed by atoms with Gasteiger partial charge in [-0.3, -0.25) is 14.6 Å². The lowest BCUT2D eigenvalue weighted by Gasteiger charge is -2.32. The largest absolute Gasteiger partial charge is 0.340 e. The molecular formula is C24H34Cl2N4O. The predicted octanol–water partition coefficient (Wildman–Crippen LogP) is 3.04. The minimum atomic E-state index is 0. The summed E-state index contributed by atoms with van der Waals surface area (Å²) < 4.78 is 0. The van der Waals surface area contributed by atoms with Crippen molar-refractivity contribution in [2.75, 3.05) is 45.8 Å². The van der Waals surface area contributed by atoms with E-state index in [-0.39, 0.29) is 30.7 Å². The van der Waals surface area contributed by atoms with E-state index in [2.05, 4.69) is 68.5 Å². The van der Waals surface area contributed by atoms with Crippen molar-refractivity contribution in [3.05, 3.63) is 71.8 Å². The normalized spacial score (nSPS) is 19.0. The van der Waals surface area contributed by atoms with Gasteiger partial charge in [-0.15, -0.1) is 24.8 Å². The number of rotatable bonds is 7. The molecule has 0 bridgehead atoms. The molecule has 2 saturated heterocycles. The average molecular weight is 465 g/mol. The second-order valence-electron chi connectivity index (χ2n) is 8.18. The quantitative estimate of drug-likeness (QED) is 0.683. The van der Waals surface area contributed by atoms with Gasteiger partial charge >= 0.3 is 0 Å². The number of nitrogens with one attached hydrogen (secondary N) is 1. The summed E-state index contributed by atoms with van der Waals surface area (Å²) in [7, 11) is 0. The molecule has 31 heavy (non-hydrogen) atoms. The first-order chi connectivity index (χ1) is 14.3. The molecule has 0 spiro atoms. The highest BCUT2D eigenvalue weighted by molar-refractivity contribution is 5.85.